The average Bonchev–Trinajstić information content (AvgIpc) is 2.67. The Morgan fingerprint density at radius 2 is 2.08 bits per heavy atom. The number of hydrogen-bond donors (Lipinski definition) is 2. The number of aryl methyl sites for hydroxylation is 1. The Morgan fingerprint density at radius 1 is 1.27 bits per heavy atom. The molecule has 0 heterocycles. The second kappa shape index (κ2) is 8.60. The maximum Gasteiger partial charge on any atom is 0.230 e. The molecule has 0 saturated heterocycles. The zero-order valence-electron chi connectivity index (χ0n) is 15.0. The Bertz CT molecular complexity index is 750. The molecule has 2 aromatic carbocycles. The lowest BCUT2D eigenvalue weighted by atomic mass is 9.79. The van der Waals surface area contributed by atoms with Gasteiger partial charge in [0, 0.05) is 5.75 Å². The van der Waals surface area contributed by atoms with E-state index < -0.39 is 5.60 Å². The van der Waals surface area contributed by atoms with Gasteiger partial charge in [0.15, 0.2) is 0 Å². The van der Waals surface area contributed by atoms with Crippen LogP contribution >= 0.6 is 11.8 Å². The Labute approximate surface area is 159 Å². The maximum absolute atomic E-state index is 12.2. The van der Waals surface area contributed by atoms with E-state index in [1.165, 1.54) is 5.56 Å². The smallest absolute Gasteiger partial charge is 0.230 e. The predicted octanol–water partition coefficient (Wildman–Crippen LogP) is 3.27. The molecule has 4 nitrogen and oxygen atoms in total. The van der Waals surface area contributed by atoms with Gasteiger partial charge in [0.05, 0.1) is 19.4 Å². The van der Waals surface area contributed by atoms with Gasteiger partial charge in [0.25, 0.3) is 0 Å². The molecule has 0 aromatic heterocycles. The number of thioether (sulfide) groups is 1. The molecule has 0 radical (unpaired) electrons. The molecule has 0 unspecified atom stereocenters. The molecule has 2 N–H and O–H groups in total. The van der Waals surface area contributed by atoms with Crippen LogP contribution in [0.5, 0.6) is 5.75 Å². The molecule has 138 valence electrons. The van der Waals surface area contributed by atoms with E-state index in [2.05, 4.69) is 17.4 Å². The van der Waals surface area contributed by atoms with Crippen molar-refractivity contribution in [1.29, 1.82) is 0 Å². The highest BCUT2D eigenvalue weighted by atomic mass is 32.2. The summed E-state index contributed by atoms with van der Waals surface area (Å²) < 4.78 is 5.27. The number of methoxy groups -OCH3 is 1. The number of aliphatic hydroxyl groups is 1. The molecule has 2 aromatic rings. The minimum Gasteiger partial charge on any atom is -0.497 e. The van der Waals surface area contributed by atoms with Crippen LogP contribution in [-0.2, 0) is 22.6 Å². The molecule has 0 saturated carbocycles. The average molecular weight is 372 g/mol. The summed E-state index contributed by atoms with van der Waals surface area (Å²) in [7, 11) is 1.64. The van der Waals surface area contributed by atoms with Crippen LogP contribution in [0.25, 0.3) is 0 Å². The number of fused-ring (bicyclic) bond motifs is 1. The summed E-state index contributed by atoms with van der Waals surface area (Å²) in [6.45, 7) is 0.247. The van der Waals surface area contributed by atoms with E-state index in [4.69, 9.17) is 4.74 Å². The minimum absolute atomic E-state index is 0.0417. The fourth-order valence-electron chi connectivity index (χ4n) is 3.38. The number of ether oxygens (including phenoxy) is 1. The van der Waals surface area contributed by atoms with Crippen LogP contribution in [0.15, 0.2) is 48.5 Å². The number of amides is 1. The van der Waals surface area contributed by atoms with Gasteiger partial charge >= 0.3 is 0 Å². The normalized spacial score (nSPS) is 18.8. The Hall–Kier alpha value is -1.98. The van der Waals surface area contributed by atoms with E-state index in [1.54, 1.807) is 18.9 Å². The van der Waals surface area contributed by atoms with Crippen LogP contribution in [0.1, 0.15) is 29.5 Å². The van der Waals surface area contributed by atoms with Crippen molar-refractivity contribution < 1.29 is 14.6 Å². The van der Waals surface area contributed by atoms with E-state index >= 15 is 0 Å². The Kier molecular flexibility index (Phi) is 6.22. The third-order valence-corrected chi connectivity index (χ3v) is 5.78. The summed E-state index contributed by atoms with van der Waals surface area (Å²) >= 11 is 1.58. The first-order valence-corrected chi connectivity index (χ1v) is 10.0. The monoisotopic (exact) mass is 371 g/mol. The lowest BCUT2D eigenvalue weighted by Gasteiger charge is -2.35. The van der Waals surface area contributed by atoms with Gasteiger partial charge in [0.2, 0.25) is 5.91 Å². The minimum atomic E-state index is -1.00. The van der Waals surface area contributed by atoms with Crippen molar-refractivity contribution in [1.82, 2.24) is 5.32 Å². The standard InChI is InChI=1S/C21H25NO3S/c1-25-18-9-10-19-17(12-18)8-5-11-21(19,24)15-22-20(23)14-26-13-16-6-3-2-4-7-16/h2-4,6-7,9-10,12,24H,5,8,11,13-15H2,1H3,(H,22,23)/t21-/m1/s1. The van der Waals surface area contributed by atoms with E-state index in [-0.39, 0.29) is 12.5 Å². The third-order valence-electron chi connectivity index (χ3n) is 4.77. The molecule has 5 heteroatoms. The number of rotatable bonds is 7. The first-order valence-electron chi connectivity index (χ1n) is 8.89. The van der Waals surface area contributed by atoms with E-state index in [9.17, 15) is 9.90 Å². The number of carbonyl (C=O) groups is 1. The van der Waals surface area contributed by atoms with Gasteiger partial charge in [-0.3, -0.25) is 4.79 Å². The van der Waals surface area contributed by atoms with Crippen molar-refractivity contribution in [3.8, 4) is 5.75 Å². The van der Waals surface area contributed by atoms with Gasteiger partial charge in [-0.25, -0.2) is 0 Å². The fraction of sp³-hybridized carbons (Fsp3) is 0.381. The van der Waals surface area contributed by atoms with Gasteiger partial charge in [-0.15, -0.1) is 11.8 Å². The van der Waals surface area contributed by atoms with Crippen molar-refractivity contribution in [2.45, 2.75) is 30.6 Å². The molecule has 1 atom stereocenters. The summed E-state index contributed by atoms with van der Waals surface area (Å²) in [5, 5.41) is 14.0. The zero-order valence-corrected chi connectivity index (χ0v) is 15.8. The van der Waals surface area contributed by atoms with Gasteiger partial charge in [-0.1, -0.05) is 36.4 Å². The molecule has 0 bridgehead atoms. The zero-order chi connectivity index (χ0) is 18.4. The highest BCUT2D eigenvalue weighted by Gasteiger charge is 2.34. The largest absolute Gasteiger partial charge is 0.497 e. The number of nitrogens with one attached hydrogen (secondary N) is 1. The lowest BCUT2D eigenvalue weighted by molar-refractivity contribution is -0.120. The van der Waals surface area contributed by atoms with Crippen LogP contribution in [0.4, 0.5) is 0 Å². The summed E-state index contributed by atoms with van der Waals surface area (Å²) in [5.41, 5.74) is 2.21. The SMILES string of the molecule is COc1ccc2c(c1)CCC[C@@]2(O)CNC(=O)CSCc1ccccc1. The topological polar surface area (TPSA) is 58.6 Å². The summed E-state index contributed by atoms with van der Waals surface area (Å²) in [6, 6.07) is 15.9. The van der Waals surface area contributed by atoms with Gasteiger partial charge in [-0.2, -0.15) is 0 Å². The fourth-order valence-corrected chi connectivity index (χ4v) is 4.20. The summed E-state index contributed by atoms with van der Waals surface area (Å²) in [6.07, 6.45) is 2.48. The molecular weight excluding hydrogens is 346 g/mol. The van der Waals surface area contributed by atoms with Gasteiger partial charge in [-0.05, 0) is 48.1 Å². The molecule has 0 aliphatic heterocycles. The Morgan fingerprint density at radius 3 is 2.85 bits per heavy atom. The van der Waals surface area contributed by atoms with E-state index in [0.29, 0.717) is 12.2 Å². The quantitative estimate of drug-likeness (QED) is 0.784. The molecule has 1 aliphatic rings. The molecule has 26 heavy (non-hydrogen) atoms. The molecule has 3 rings (SSSR count). The summed E-state index contributed by atoms with van der Waals surface area (Å²) in [4.78, 5) is 12.2. The second-order valence-corrected chi connectivity index (χ2v) is 7.65. The molecule has 1 aliphatic carbocycles. The lowest BCUT2D eigenvalue weighted by Crippen LogP contribution is -2.43. The van der Waals surface area contributed by atoms with Crippen molar-refractivity contribution in [2.24, 2.45) is 0 Å². The van der Waals surface area contributed by atoms with Crippen LogP contribution in [0, 0.1) is 0 Å². The Balaban J connectivity index is 1.53. The van der Waals surface area contributed by atoms with Gasteiger partial charge < -0.3 is 15.2 Å². The third kappa shape index (κ3) is 4.59. The number of carbonyl (C=O) groups excluding carboxylic acids is 1. The molecule has 0 fully saturated rings. The van der Waals surface area contributed by atoms with E-state index in [1.807, 2.05) is 36.4 Å². The molecule has 1 amide bonds. The molecular formula is C21H25NO3S. The number of hydrogen-bond acceptors (Lipinski definition) is 4. The van der Waals surface area contributed by atoms with E-state index in [0.717, 1.165) is 35.5 Å². The first-order chi connectivity index (χ1) is 12.6. The maximum atomic E-state index is 12.2. The van der Waals surface area contributed by atoms with Crippen LogP contribution in [0.2, 0.25) is 0 Å². The van der Waals surface area contributed by atoms with Crippen molar-refractivity contribution in [3.05, 3.63) is 65.2 Å². The first kappa shape index (κ1) is 18.8. The number of benzene rings is 2. The van der Waals surface area contributed by atoms with Crippen LogP contribution in [0.3, 0.4) is 0 Å². The van der Waals surface area contributed by atoms with Crippen molar-refractivity contribution >= 4 is 17.7 Å². The molecule has 0 spiro atoms. The highest BCUT2D eigenvalue weighted by molar-refractivity contribution is 7.99. The summed E-state index contributed by atoms with van der Waals surface area (Å²) in [5.74, 6) is 1.95. The van der Waals surface area contributed by atoms with Crippen LogP contribution in [-0.4, -0.2) is 30.4 Å². The second-order valence-electron chi connectivity index (χ2n) is 6.66. The van der Waals surface area contributed by atoms with Crippen LogP contribution < -0.4 is 10.1 Å². The van der Waals surface area contributed by atoms with Crippen molar-refractivity contribution in [2.75, 3.05) is 19.4 Å². The highest BCUT2D eigenvalue weighted by Crippen LogP contribution is 2.36. The van der Waals surface area contributed by atoms with Crippen molar-refractivity contribution in [3.63, 3.8) is 0 Å². The van der Waals surface area contributed by atoms with Gasteiger partial charge in [0.1, 0.15) is 11.4 Å². The predicted molar refractivity (Wildman–Crippen MR) is 105 cm³/mol.